The number of benzene rings is 1. The topological polar surface area (TPSA) is 41.1 Å². The van der Waals surface area contributed by atoms with Gasteiger partial charge in [-0.3, -0.25) is 0 Å². The molecule has 0 atom stereocenters. The van der Waals surface area contributed by atoms with Crippen molar-refractivity contribution in [3.05, 3.63) is 45.0 Å². The fraction of sp³-hybridized carbons (Fsp3) is 0.294. The minimum absolute atomic E-state index is 0.904. The summed E-state index contributed by atoms with van der Waals surface area (Å²) in [7, 11) is 2.17. The fourth-order valence-electron chi connectivity index (χ4n) is 3.00. The van der Waals surface area contributed by atoms with Crippen LogP contribution in [-0.4, -0.2) is 28.5 Å². The molecule has 0 aliphatic carbocycles. The number of halogens is 1. The highest BCUT2D eigenvalue weighted by Crippen LogP contribution is 2.38. The van der Waals surface area contributed by atoms with E-state index in [1.54, 1.807) is 17.7 Å². The molecule has 0 fully saturated rings. The third-order valence-electron chi connectivity index (χ3n) is 4.21. The molecule has 1 N–H and O–H groups in total. The Morgan fingerprint density at radius 1 is 1.30 bits per heavy atom. The zero-order valence-electron chi connectivity index (χ0n) is 13.1. The van der Waals surface area contributed by atoms with Crippen molar-refractivity contribution in [3.63, 3.8) is 0 Å². The predicted octanol–water partition coefficient (Wildman–Crippen LogP) is 4.49. The molecule has 1 aliphatic heterocycles. The summed E-state index contributed by atoms with van der Waals surface area (Å²) in [6.45, 7) is 4.18. The van der Waals surface area contributed by atoms with Crippen LogP contribution in [0.25, 0.3) is 10.2 Å². The average molecular weight is 389 g/mol. The van der Waals surface area contributed by atoms with Gasteiger partial charge in [-0.25, -0.2) is 9.97 Å². The Kier molecular flexibility index (Phi) is 3.83. The number of anilines is 2. The third-order valence-corrected chi connectivity index (χ3v) is 5.99. The second-order valence-corrected chi connectivity index (χ2v) is 7.94. The Balaban J connectivity index is 1.81. The van der Waals surface area contributed by atoms with Gasteiger partial charge in [0.25, 0.3) is 0 Å². The zero-order chi connectivity index (χ0) is 16.0. The van der Waals surface area contributed by atoms with E-state index in [1.165, 1.54) is 21.4 Å². The molecular formula is C17H17BrN4S. The summed E-state index contributed by atoms with van der Waals surface area (Å²) in [6, 6.07) is 6.29. The van der Waals surface area contributed by atoms with E-state index >= 15 is 0 Å². The minimum atomic E-state index is 0.904. The number of nitrogens with zero attached hydrogens (tertiary/aromatic N) is 3. The van der Waals surface area contributed by atoms with Crippen molar-refractivity contribution in [1.29, 1.82) is 0 Å². The van der Waals surface area contributed by atoms with Gasteiger partial charge in [-0.2, -0.15) is 0 Å². The largest absolute Gasteiger partial charge is 0.339 e. The standard InChI is InChI=1S/C17H17BrN4S/c1-10-3-4-13(12(18)7-10)21-16-15-11-5-6-22(2)8-14(11)23-17(15)20-9-19-16/h3-4,7,9H,5-6,8H2,1-2H3,(H,19,20,21). The van der Waals surface area contributed by atoms with Crippen LogP contribution in [0.2, 0.25) is 0 Å². The summed E-state index contributed by atoms with van der Waals surface area (Å²) in [6.07, 6.45) is 2.71. The van der Waals surface area contributed by atoms with E-state index in [2.05, 4.69) is 68.3 Å². The molecule has 6 heteroatoms. The maximum atomic E-state index is 4.52. The highest BCUT2D eigenvalue weighted by atomic mass is 79.9. The van der Waals surface area contributed by atoms with E-state index < -0.39 is 0 Å². The molecule has 2 aromatic heterocycles. The lowest BCUT2D eigenvalue weighted by atomic mass is 10.1. The summed E-state index contributed by atoms with van der Waals surface area (Å²) in [5.41, 5.74) is 3.67. The minimum Gasteiger partial charge on any atom is -0.339 e. The van der Waals surface area contributed by atoms with Gasteiger partial charge in [0.2, 0.25) is 0 Å². The van der Waals surface area contributed by atoms with Crippen LogP contribution in [-0.2, 0) is 13.0 Å². The van der Waals surface area contributed by atoms with Gasteiger partial charge in [0, 0.05) is 22.4 Å². The number of hydrogen-bond acceptors (Lipinski definition) is 5. The van der Waals surface area contributed by atoms with E-state index in [0.717, 1.165) is 40.3 Å². The first kappa shape index (κ1) is 15.1. The normalized spacial score (nSPS) is 14.9. The summed E-state index contributed by atoms with van der Waals surface area (Å²) >= 11 is 5.42. The number of fused-ring (bicyclic) bond motifs is 3. The highest BCUT2D eigenvalue weighted by molar-refractivity contribution is 9.10. The van der Waals surface area contributed by atoms with Crippen molar-refractivity contribution in [1.82, 2.24) is 14.9 Å². The molecule has 0 radical (unpaired) electrons. The molecule has 0 amide bonds. The van der Waals surface area contributed by atoms with E-state index in [4.69, 9.17) is 0 Å². The first-order valence-corrected chi connectivity index (χ1v) is 9.20. The van der Waals surface area contributed by atoms with Gasteiger partial charge in [0.1, 0.15) is 17.0 Å². The number of nitrogens with one attached hydrogen (secondary N) is 1. The van der Waals surface area contributed by atoms with Gasteiger partial charge < -0.3 is 10.2 Å². The molecule has 3 aromatic rings. The predicted molar refractivity (Wildman–Crippen MR) is 99.6 cm³/mol. The molecule has 4 rings (SSSR count). The Labute approximate surface area is 147 Å². The Morgan fingerprint density at radius 3 is 3.00 bits per heavy atom. The summed E-state index contributed by atoms with van der Waals surface area (Å²) in [5, 5.41) is 4.67. The van der Waals surface area contributed by atoms with Crippen molar-refractivity contribution in [2.45, 2.75) is 19.9 Å². The second-order valence-electron chi connectivity index (χ2n) is 6.00. The Hall–Kier alpha value is -1.50. The van der Waals surface area contributed by atoms with Crippen LogP contribution in [0.5, 0.6) is 0 Å². The van der Waals surface area contributed by atoms with Crippen LogP contribution in [0.1, 0.15) is 16.0 Å². The van der Waals surface area contributed by atoms with Crippen LogP contribution < -0.4 is 5.32 Å². The first-order chi connectivity index (χ1) is 11.1. The highest BCUT2D eigenvalue weighted by Gasteiger charge is 2.22. The van der Waals surface area contributed by atoms with Crippen LogP contribution in [0.3, 0.4) is 0 Å². The number of aryl methyl sites for hydroxylation is 1. The van der Waals surface area contributed by atoms with E-state index in [-0.39, 0.29) is 0 Å². The van der Waals surface area contributed by atoms with Crippen LogP contribution in [0.15, 0.2) is 29.0 Å². The molecule has 0 saturated carbocycles. The van der Waals surface area contributed by atoms with Crippen LogP contribution in [0, 0.1) is 6.92 Å². The maximum Gasteiger partial charge on any atom is 0.142 e. The SMILES string of the molecule is Cc1ccc(Nc2ncnc3sc4c(c23)CCN(C)C4)c(Br)c1. The molecule has 118 valence electrons. The number of aromatic nitrogens is 2. The molecule has 23 heavy (non-hydrogen) atoms. The fourth-order valence-corrected chi connectivity index (χ4v) is 4.86. The molecule has 1 aliphatic rings. The van der Waals surface area contributed by atoms with Gasteiger partial charge in [-0.15, -0.1) is 11.3 Å². The van der Waals surface area contributed by atoms with Crippen molar-refractivity contribution < 1.29 is 0 Å². The molecule has 3 heterocycles. The summed E-state index contributed by atoms with van der Waals surface area (Å²) in [4.78, 5) is 13.9. The van der Waals surface area contributed by atoms with Gasteiger partial charge >= 0.3 is 0 Å². The van der Waals surface area contributed by atoms with Crippen LogP contribution >= 0.6 is 27.3 Å². The number of likely N-dealkylation sites (N-methyl/N-ethyl adjacent to an activating group) is 1. The van der Waals surface area contributed by atoms with Gasteiger partial charge in [-0.05, 0) is 59.6 Å². The van der Waals surface area contributed by atoms with Crippen molar-refractivity contribution in [2.24, 2.45) is 0 Å². The van der Waals surface area contributed by atoms with Crippen molar-refractivity contribution in [3.8, 4) is 0 Å². The molecule has 1 aromatic carbocycles. The maximum absolute atomic E-state index is 4.52. The monoisotopic (exact) mass is 388 g/mol. The smallest absolute Gasteiger partial charge is 0.142 e. The van der Waals surface area contributed by atoms with Gasteiger partial charge in [0.15, 0.2) is 0 Å². The second kappa shape index (κ2) is 5.85. The molecule has 0 saturated heterocycles. The molecule has 0 bridgehead atoms. The summed E-state index contributed by atoms with van der Waals surface area (Å²) < 4.78 is 1.05. The lowest BCUT2D eigenvalue weighted by molar-refractivity contribution is 0.318. The van der Waals surface area contributed by atoms with E-state index in [0.29, 0.717) is 0 Å². The number of hydrogen-bond donors (Lipinski definition) is 1. The molecule has 0 unspecified atom stereocenters. The Morgan fingerprint density at radius 2 is 2.17 bits per heavy atom. The Bertz CT molecular complexity index is 890. The lowest BCUT2D eigenvalue weighted by Gasteiger charge is -2.22. The molecule has 4 nitrogen and oxygen atoms in total. The average Bonchev–Trinajstić information content (AvgIpc) is 2.88. The lowest BCUT2D eigenvalue weighted by Crippen LogP contribution is -2.25. The van der Waals surface area contributed by atoms with Crippen molar-refractivity contribution >= 4 is 49.0 Å². The molecular weight excluding hydrogens is 372 g/mol. The molecule has 0 spiro atoms. The third kappa shape index (κ3) is 2.75. The summed E-state index contributed by atoms with van der Waals surface area (Å²) in [5.74, 6) is 0.904. The van der Waals surface area contributed by atoms with E-state index in [1.807, 2.05) is 0 Å². The number of rotatable bonds is 2. The van der Waals surface area contributed by atoms with Gasteiger partial charge in [0.05, 0.1) is 11.1 Å². The van der Waals surface area contributed by atoms with Crippen molar-refractivity contribution in [2.75, 3.05) is 18.9 Å². The number of thiophene rings is 1. The zero-order valence-corrected chi connectivity index (χ0v) is 15.5. The van der Waals surface area contributed by atoms with Gasteiger partial charge in [-0.1, -0.05) is 6.07 Å². The first-order valence-electron chi connectivity index (χ1n) is 7.59. The quantitative estimate of drug-likeness (QED) is 0.701. The van der Waals surface area contributed by atoms with E-state index in [9.17, 15) is 0 Å². The van der Waals surface area contributed by atoms with Crippen LogP contribution in [0.4, 0.5) is 11.5 Å².